The van der Waals surface area contributed by atoms with Crippen LogP contribution in [0.25, 0.3) is 0 Å². The lowest BCUT2D eigenvalue weighted by molar-refractivity contribution is -0.136. The molecule has 1 aromatic rings. The summed E-state index contributed by atoms with van der Waals surface area (Å²) in [6, 6.07) is 6.79. The zero-order valence-corrected chi connectivity index (χ0v) is 9.47. The molecule has 1 atom stereocenters. The summed E-state index contributed by atoms with van der Waals surface area (Å²) in [6.07, 6.45) is 0. The molecule has 0 aliphatic rings. The summed E-state index contributed by atoms with van der Waals surface area (Å²) in [5, 5.41) is 17.4. The van der Waals surface area contributed by atoms with E-state index in [2.05, 4.69) is 0 Å². The van der Waals surface area contributed by atoms with Gasteiger partial charge in [-0.2, -0.15) is 5.26 Å². The average Bonchev–Trinajstić information content (AvgIpc) is 2.18. The van der Waals surface area contributed by atoms with Gasteiger partial charge in [0.05, 0.1) is 5.56 Å². The van der Waals surface area contributed by atoms with E-state index in [9.17, 15) is 4.79 Å². The van der Waals surface area contributed by atoms with Gasteiger partial charge in [0.25, 0.3) is 0 Å². The third kappa shape index (κ3) is 3.15. The van der Waals surface area contributed by atoms with Crippen LogP contribution in [-0.4, -0.2) is 16.3 Å². The number of rotatable bonds is 3. The fraction of sp³-hybridized carbons (Fsp3) is 0.200. The van der Waals surface area contributed by atoms with E-state index in [1.807, 2.05) is 6.07 Å². The first-order valence-corrected chi connectivity index (χ1v) is 5.39. The van der Waals surface area contributed by atoms with Gasteiger partial charge in [0.1, 0.15) is 11.3 Å². The number of hydrogen-bond acceptors (Lipinski definition) is 3. The van der Waals surface area contributed by atoms with Crippen LogP contribution < -0.4 is 0 Å². The minimum absolute atomic E-state index is 0.442. The van der Waals surface area contributed by atoms with Gasteiger partial charge in [-0.15, -0.1) is 11.8 Å². The van der Waals surface area contributed by atoms with E-state index in [-0.39, 0.29) is 0 Å². The lowest BCUT2D eigenvalue weighted by atomic mass is 10.2. The van der Waals surface area contributed by atoms with Gasteiger partial charge in [-0.25, -0.2) is 0 Å². The Bertz CT molecular complexity index is 428. The lowest BCUT2D eigenvalue weighted by Gasteiger charge is -2.07. The van der Waals surface area contributed by atoms with Crippen molar-refractivity contribution in [2.24, 2.45) is 0 Å². The number of thioether (sulfide) groups is 1. The summed E-state index contributed by atoms with van der Waals surface area (Å²) < 4.78 is 0. The second kappa shape index (κ2) is 5.06. The molecule has 78 valence electrons. The number of nitriles is 1. The molecule has 1 N–H and O–H groups in total. The van der Waals surface area contributed by atoms with Crippen LogP contribution in [0.1, 0.15) is 12.5 Å². The smallest absolute Gasteiger partial charge is 0.316 e. The van der Waals surface area contributed by atoms with E-state index in [4.69, 9.17) is 22.0 Å². The summed E-state index contributed by atoms with van der Waals surface area (Å²) in [6.45, 7) is 1.56. The van der Waals surface area contributed by atoms with Crippen LogP contribution in [0, 0.1) is 11.3 Å². The quantitative estimate of drug-likeness (QED) is 0.827. The predicted molar refractivity (Wildman–Crippen MR) is 59.1 cm³/mol. The summed E-state index contributed by atoms with van der Waals surface area (Å²) in [5.41, 5.74) is 0.442. The first kappa shape index (κ1) is 11.9. The molecule has 1 aromatic carbocycles. The standard InChI is InChI=1S/C10H8ClNO2S/c1-6(10(13)14)15-9-4-8(11)3-2-7(9)5-12/h2-4,6H,1H3,(H,13,14). The van der Waals surface area contributed by atoms with E-state index >= 15 is 0 Å². The largest absolute Gasteiger partial charge is 0.480 e. The number of aliphatic carboxylic acids is 1. The van der Waals surface area contributed by atoms with Crippen molar-refractivity contribution < 1.29 is 9.90 Å². The molecular formula is C10H8ClNO2S. The van der Waals surface area contributed by atoms with Gasteiger partial charge in [0, 0.05) is 9.92 Å². The molecule has 15 heavy (non-hydrogen) atoms. The second-order valence-electron chi connectivity index (χ2n) is 2.85. The molecule has 3 nitrogen and oxygen atoms in total. The minimum Gasteiger partial charge on any atom is -0.480 e. The Labute approximate surface area is 96.7 Å². The second-order valence-corrected chi connectivity index (χ2v) is 4.67. The Hall–Kier alpha value is -1.18. The zero-order valence-electron chi connectivity index (χ0n) is 7.90. The Morgan fingerprint density at radius 1 is 1.67 bits per heavy atom. The van der Waals surface area contributed by atoms with E-state index < -0.39 is 11.2 Å². The van der Waals surface area contributed by atoms with Crippen LogP contribution in [0.2, 0.25) is 5.02 Å². The van der Waals surface area contributed by atoms with Crippen LogP contribution >= 0.6 is 23.4 Å². The Balaban J connectivity index is 2.98. The van der Waals surface area contributed by atoms with Crippen molar-refractivity contribution in [3.63, 3.8) is 0 Å². The Morgan fingerprint density at radius 2 is 2.33 bits per heavy atom. The molecule has 0 radical (unpaired) electrons. The molecule has 0 aliphatic carbocycles. The molecule has 0 spiro atoms. The molecule has 0 aromatic heterocycles. The highest BCUT2D eigenvalue weighted by atomic mass is 35.5. The number of carbonyl (C=O) groups is 1. The van der Waals surface area contributed by atoms with Crippen molar-refractivity contribution in [3.8, 4) is 6.07 Å². The van der Waals surface area contributed by atoms with Gasteiger partial charge in [0.15, 0.2) is 0 Å². The van der Waals surface area contributed by atoms with Crippen LogP contribution in [0.15, 0.2) is 23.1 Å². The van der Waals surface area contributed by atoms with Crippen LogP contribution in [0.4, 0.5) is 0 Å². The average molecular weight is 242 g/mol. The van der Waals surface area contributed by atoms with E-state index in [1.54, 1.807) is 25.1 Å². The topological polar surface area (TPSA) is 61.1 Å². The third-order valence-corrected chi connectivity index (χ3v) is 3.10. The van der Waals surface area contributed by atoms with Gasteiger partial charge in [0.2, 0.25) is 0 Å². The number of benzene rings is 1. The Morgan fingerprint density at radius 3 is 2.87 bits per heavy atom. The van der Waals surface area contributed by atoms with Gasteiger partial charge >= 0.3 is 5.97 Å². The zero-order chi connectivity index (χ0) is 11.4. The van der Waals surface area contributed by atoms with Crippen molar-refractivity contribution in [2.45, 2.75) is 17.1 Å². The highest BCUT2D eigenvalue weighted by Gasteiger charge is 2.14. The molecule has 1 rings (SSSR count). The third-order valence-electron chi connectivity index (χ3n) is 1.72. The molecule has 1 unspecified atom stereocenters. The molecule has 0 saturated heterocycles. The summed E-state index contributed by atoms with van der Waals surface area (Å²) in [4.78, 5) is 11.2. The van der Waals surface area contributed by atoms with Crippen molar-refractivity contribution in [1.82, 2.24) is 0 Å². The molecule has 0 heterocycles. The molecular weight excluding hydrogens is 234 g/mol. The van der Waals surface area contributed by atoms with E-state index in [1.165, 1.54) is 0 Å². The van der Waals surface area contributed by atoms with Gasteiger partial charge in [-0.1, -0.05) is 11.6 Å². The summed E-state index contributed by atoms with van der Waals surface area (Å²) >= 11 is 6.88. The summed E-state index contributed by atoms with van der Waals surface area (Å²) in [7, 11) is 0. The number of nitrogens with zero attached hydrogens (tertiary/aromatic N) is 1. The maximum Gasteiger partial charge on any atom is 0.316 e. The van der Waals surface area contributed by atoms with Crippen LogP contribution in [0.3, 0.4) is 0 Å². The van der Waals surface area contributed by atoms with Crippen LogP contribution in [-0.2, 0) is 4.79 Å². The first-order chi connectivity index (χ1) is 7.04. The monoisotopic (exact) mass is 241 g/mol. The van der Waals surface area contributed by atoms with Gasteiger partial charge < -0.3 is 5.11 Å². The molecule has 5 heteroatoms. The highest BCUT2D eigenvalue weighted by molar-refractivity contribution is 8.00. The fourth-order valence-electron chi connectivity index (χ4n) is 0.927. The molecule has 0 amide bonds. The van der Waals surface area contributed by atoms with Crippen molar-refractivity contribution in [3.05, 3.63) is 28.8 Å². The number of carboxylic acids is 1. The van der Waals surface area contributed by atoms with Crippen LogP contribution in [0.5, 0.6) is 0 Å². The maximum atomic E-state index is 10.7. The summed E-state index contributed by atoms with van der Waals surface area (Å²) in [5.74, 6) is -0.913. The maximum absolute atomic E-state index is 10.7. The number of halogens is 1. The normalized spacial score (nSPS) is 11.8. The van der Waals surface area contributed by atoms with Crippen molar-refractivity contribution in [2.75, 3.05) is 0 Å². The molecule has 0 bridgehead atoms. The molecule has 0 aliphatic heterocycles. The highest BCUT2D eigenvalue weighted by Crippen LogP contribution is 2.29. The SMILES string of the molecule is CC(Sc1cc(Cl)ccc1C#N)C(=O)O. The number of hydrogen-bond donors (Lipinski definition) is 1. The van der Waals surface area contributed by atoms with E-state index in [0.717, 1.165) is 11.8 Å². The van der Waals surface area contributed by atoms with Gasteiger partial charge in [-0.05, 0) is 25.1 Å². The first-order valence-electron chi connectivity index (χ1n) is 4.13. The molecule has 0 fully saturated rings. The minimum atomic E-state index is -0.913. The lowest BCUT2D eigenvalue weighted by Crippen LogP contribution is -2.11. The Kier molecular flexibility index (Phi) is 4.01. The predicted octanol–water partition coefficient (Wildman–Crippen LogP) is 2.78. The van der Waals surface area contributed by atoms with Gasteiger partial charge in [-0.3, -0.25) is 4.79 Å². The van der Waals surface area contributed by atoms with E-state index in [0.29, 0.717) is 15.5 Å². The van der Waals surface area contributed by atoms with Crippen molar-refractivity contribution in [1.29, 1.82) is 5.26 Å². The number of carboxylic acid groups (broad SMARTS) is 1. The van der Waals surface area contributed by atoms with Crippen molar-refractivity contribution >= 4 is 29.3 Å². The molecule has 0 saturated carbocycles. The fourth-order valence-corrected chi connectivity index (χ4v) is 2.08.